The maximum atomic E-state index is 13.2. The summed E-state index contributed by atoms with van der Waals surface area (Å²) in [7, 11) is 0. The molecule has 74 valence electrons. The van der Waals surface area contributed by atoms with Gasteiger partial charge in [0.25, 0.3) is 0 Å². The maximum absolute atomic E-state index is 13.2. The van der Waals surface area contributed by atoms with E-state index in [1.54, 1.807) is 6.07 Å². The third kappa shape index (κ3) is 1.46. The molecule has 1 aliphatic rings. The molecule has 1 fully saturated rings. The molecule has 1 saturated heterocycles. The SMILES string of the molecule is O=C1CC(O)CN1c1cccnc1F. The minimum Gasteiger partial charge on any atom is -0.391 e. The van der Waals surface area contributed by atoms with Crippen molar-refractivity contribution in [3.8, 4) is 0 Å². The van der Waals surface area contributed by atoms with Crippen LogP contribution in [0.1, 0.15) is 6.42 Å². The van der Waals surface area contributed by atoms with Crippen LogP contribution in [-0.4, -0.2) is 28.6 Å². The smallest absolute Gasteiger partial charge is 0.236 e. The Balaban J connectivity index is 2.32. The number of hydrogen-bond donors (Lipinski definition) is 1. The van der Waals surface area contributed by atoms with Crippen LogP contribution >= 0.6 is 0 Å². The highest BCUT2D eigenvalue weighted by molar-refractivity contribution is 5.95. The van der Waals surface area contributed by atoms with E-state index in [1.165, 1.54) is 17.2 Å². The number of carbonyl (C=O) groups excluding carboxylic acids is 1. The van der Waals surface area contributed by atoms with Gasteiger partial charge in [-0.1, -0.05) is 0 Å². The molecule has 1 unspecified atom stereocenters. The van der Waals surface area contributed by atoms with Crippen LogP contribution in [-0.2, 0) is 4.79 Å². The molecular formula is C9H9FN2O2. The number of aromatic nitrogens is 1. The first-order valence-corrected chi connectivity index (χ1v) is 4.27. The molecule has 14 heavy (non-hydrogen) atoms. The fourth-order valence-electron chi connectivity index (χ4n) is 1.50. The fourth-order valence-corrected chi connectivity index (χ4v) is 1.50. The van der Waals surface area contributed by atoms with Gasteiger partial charge in [0.05, 0.1) is 24.8 Å². The Morgan fingerprint density at radius 3 is 3.00 bits per heavy atom. The lowest BCUT2D eigenvalue weighted by molar-refractivity contribution is -0.117. The van der Waals surface area contributed by atoms with Crippen LogP contribution in [0.2, 0.25) is 0 Å². The van der Waals surface area contributed by atoms with Gasteiger partial charge in [-0.05, 0) is 12.1 Å². The highest BCUT2D eigenvalue weighted by Gasteiger charge is 2.30. The Kier molecular flexibility index (Phi) is 2.17. The molecule has 1 N–H and O–H groups in total. The van der Waals surface area contributed by atoms with Crippen molar-refractivity contribution in [1.29, 1.82) is 0 Å². The summed E-state index contributed by atoms with van der Waals surface area (Å²) in [6.07, 6.45) is 0.659. The molecule has 1 aliphatic heterocycles. The van der Waals surface area contributed by atoms with Crippen molar-refractivity contribution in [2.24, 2.45) is 0 Å². The largest absolute Gasteiger partial charge is 0.391 e. The van der Waals surface area contributed by atoms with Gasteiger partial charge in [-0.25, -0.2) is 4.98 Å². The molecule has 1 atom stereocenters. The van der Waals surface area contributed by atoms with E-state index in [0.29, 0.717) is 0 Å². The van der Waals surface area contributed by atoms with Crippen LogP contribution in [0.3, 0.4) is 0 Å². The fraction of sp³-hybridized carbons (Fsp3) is 0.333. The Morgan fingerprint density at radius 2 is 2.43 bits per heavy atom. The van der Waals surface area contributed by atoms with E-state index in [-0.39, 0.29) is 24.6 Å². The molecule has 2 rings (SSSR count). The normalized spacial score (nSPS) is 21.7. The predicted molar refractivity (Wildman–Crippen MR) is 47.2 cm³/mol. The van der Waals surface area contributed by atoms with Crippen LogP contribution < -0.4 is 4.90 Å². The third-order valence-electron chi connectivity index (χ3n) is 2.13. The Morgan fingerprint density at radius 1 is 1.64 bits per heavy atom. The van der Waals surface area contributed by atoms with E-state index >= 15 is 0 Å². The number of pyridine rings is 1. The predicted octanol–water partition coefficient (Wildman–Crippen LogP) is 0.318. The zero-order valence-electron chi connectivity index (χ0n) is 7.35. The summed E-state index contributed by atoms with van der Waals surface area (Å²) in [6, 6.07) is 3.02. The molecule has 1 aromatic rings. The van der Waals surface area contributed by atoms with Crippen LogP contribution in [0.4, 0.5) is 10.1 Å². The van der Waals surface area contributed by atoms with Crippen LogP contribution in [0.5, 0.6) is 0 Å². The molecule has 4 nitrogen and oxygen atoms in total. The number of halogens is 1. The number of carbonyl (C=O) groups is 1. The number of aliphatic hydroxyl groups is 1. The molecule has 0 spiro atoms. The second kappa shape index (κ2) is 3.34. The first-order valence-electron chi connectivity index (χ1n) is 4.27. The monoisotopic (exact) mass is 196 g/mol. The van der Waals surface area contributed by atoms with Gasteiger partial charge >= 0.3 is 0 Å². The van der Waals surface area contributed by atoms with Crippen molar-refractivity contribution in [2.75, 3.05) is 11.4 Å². The minimum atomic E-state index is -0.706. The quantitative estimate of drug-likeness (QED) is 0.658. The standard InChI is InChI=1S/C9H9FN2O2/c10-9-7(2-1-3-11-9)12-5-6(13)4-8(12)14/h1-3,6,13H,4-5H2. The molecule has 0 saturated carbocycles. The van der Waals surface area contributed by atoms with E-state index in [1.807, 2.05) is 0 Å². The van der Waals surface area contributed by atoms with Crippen molar-refractivity contribution in [1.82, 2.24) is 4.98 Å². The first-order chi connectivity index (χ1) is 6.68. The van der Waals surface area contributed by atoms with Crippen molar-refractivity contribution >= 4 is 11.6 Å². The summed E-state index contributed by atoms with van der Waals surface area (Å²) in [5, 5.41) is 9.22. The van der Waals surface area contributed by atoms with Crippen molar-refractivity contribution in [3.05, 3.63) is 24.3 Å². The molecule has 0 aliphatic carbocycles. The number of amides is 1. The highest BCUT2D eigenvalue weighted by atomic mass is 19.1. The van der Waals surface area contributed by atoms with Gasteiger partial charge in [0.15, 0.2) is 0 Å². The van der Waals surface area contributed by atoms with Gasteiger partial charge in [0.1, 0.15) is 0 Å². The van der Waals surface area contributed by atoms with Crippen LogP contribution in [0, 0.1) is 5.95 Å². The molecule has 0 radical (unpaired) electrons. The average molecular weight is 196 g/mol. The lowest BCUT2D eigenvalue weighted by atomic mass is 10.3. The second-order valence-corrected chi connectivity index (χ2v) is 3.18. The number of β-amino-alcohol motifs (C(OH)–C–C–N with tert-alkyl or cyclic N) is 1. The summed E-state index contributed by atoms with van der Waals surface area (Å²) in [6.45, 7) is 0.140. The lowest BCUT2D eigenvalue weighted by Gasteiger charge is -2.15. The summed E-state index contributed by atoms with van der Waals surface area (Å²) >= 11 is 0. The zero-order valence-corrected chi connectivity index (χ0v) is 7.35. The van der Waals surface area contributed by atoms with Gasteiger partial charge in [-0.15, -0.1) is 0 Å². The third-order valence-corrected chi connectivity index (χ3v) is 2.13. The minimum absolute atomic E-state index is 0.0499. The van der Waals surface area contributed by atoms with Crippen molar-refractivity contribution < 1.29 is 14.3 Å². The van der Waals surface area contributed by atoms with Crippen LogP contribution in [0.15, 0.2) is 18.3 Å². The van der Waals surface area contributed by atoms with Gasteiger partial charge in [0.2, 0.25) is 11.9 Å². The zero-order chi connectivity index (χ0) is 10.1. The maximum Gasteiger partial charge on any atom is 0.236 e. The van der Waals surface area contributed by atoms with Gasteiger partial charge < -0.3 is 10.0 Å². The summed E-state index contributed by atoms with van der Waals surface area (Å²) in [5.74, 6) is -0.959. The molecule has 2 heterocycles. The summed E-state index contributed by atoms with van der Waals surface area (Å²) in [4.78, 5) is 16.0. The topological polar surface area (TPSA) is 53.4 Å². The van der Waals surface area contributed by atoms with Crippen LogP contribution in [0.25, 0.3) is 0 Å². The Labute approximate surface area is 80.0 Å². The highest BCUT2D eigenvalue weighted by Crippen LogP contribution is 2.22. The Bertz CT molecular complexity index is 370. The Hall–Kier alpha value is -1.49. The van der Waals surface area contributed by atoms with E-state index < -0.39 is 12.1 Å². The number of aliphatic hydroxyl groups excluding tert-OH is 1. The van der Waals surface area contributed by atoms with Gasteiger partial charge in [-0.3, -0.25) is 4.79 Å². The summed E-state index contributed by atoms with van der Waals surface area (Å²) in [5.41, 5.74) is 0.133. The lowest BCUT2D eigenvalue weighted by Crippen LogP contribution is -2.26. The first kappa shape index (κ1) is 9.08. The summed E-state index contributed by atoms with van der Waals surface area (Å²) < 4.78 is 13.2. The molecule has 1 aromatic heterocycles. The van der Waals surface area contributed by atoms with Crippen molar-refractivity contribution in [2.45, 2.75) is 12.5 Å². The van der Waals surface area contributed by atoms with Gasteiger partial charge in [0, 0.05) is 6.20 Å². The molecule has 1 amide bonds. The van der Waals surface area contributed by atoms with E-state index in [2.05, 4.69) is 4.98 Å². The van der Waals surface area contributed by atoms with E-state index in [9.17, 15) is 14.3 Å². The number of hydrogen-bond acceptors (Lipinski definition) is 3. The average Bonchev–Trinajstić information content (AvgIpc) is 2.46. The number of anilines is 1. The second-order valence-electron chi connectivity index (χ2n) is 3.18. The molecule has 0 aromatic carbocycles. The van der Waals surface area contributed by atoms with Crippen molar-refractivity contribution in [3.63, 3.8) is 0 Å². The van der Waals surface area contributed by atoms with E-state index in [0.717, 1.165) is 0 Å². The van der Waals surface area contributed by atoms with Gasteiger partial charge in [-0.2, -0.15) is 4.39 Å². The van der Waals surface area contributed by atoms with E-state index in [4.69, 9.17) is 0 Å². The molecule has 5 heteroatoms. The number of nitrogens with zero attached hydrogens (tertiary/aromatic N) is 2. The molecule has 0 bridgehead atoms. The number of rotatable bonds is 1. The molecular weight excluding hydrogens is 187 g/mol.